The summed E-state index contributed by atoms with van der Waals surface area (Å²) in [5.41, 5.74) is -0.653. The summed E-state index contributed by atoms with van der Waals surface area (Å²) < 4.78 is 21.9. The van der Waals surface area contributed by atoms with E-state index in [9.17, 15) is 13.5 Å². The molecule has 2 N–H and O–H groups in total. The zero-order chi connectivity index (χ0) is 10.4. The fourth-order valence-electron chi connectivity index (χ4n) is 2.36. The van der Waals surface area contributed by atoms with Crippen molar-refractivity contribution in [3.63, 3.8) is 0 Å². The van der Waals surface area contributed by atoms with E-state index in [0.29, 0.717) is 0 Å². The molecule has 0 amide bonds. The third-order valence-electron chi connectivity index (χ3n) is 3.27. The molecule has 0 radical (unpaired) electrons. The maximum absolute atomic E-state index is 10.9. The minimum Gasteiger partial charge on any atom is -0.389 e. The molecule has 2 atom stereocenters. The smallest absolute Gasteiger partial charge is 0.153 e. The Morgan fingerprint density at radius 3 is 2.50 bits per heavy atom. The summed E-state index contributed by atoms with van der Waals surface area (Å²) in [5, 5.41) is 13.2. The van der Waals surface area contributed by atoms with Gasteiger partial charge in [0.15, 0.2) is 9.84 Å². The Morgan fingerprint density at radius 2 is 2.07 bits per heavy atom. The Hall–Kier alpha value is -0.130. The summed E-state index contributed by atoms with van der Waals surface area (Å²) in [7, 11) is -2.75. The van der Waals surface area contributed by atoms with Crippen molar-refractivity contribution in [3.8, 4) is 0 Å². The van der Waals surface area contributed by atoms with Crippen molar-refractivity contribution >= 4 is 9.84 Å². The summed E-state index contributed by atoms with van der Waals surface area (Å²) in [6.07, 6.45) is 2.78. The molecule has 2 rings (SSSR count). The fraction of sp³-hybridized carbons (Fsp3) is 1.00. The molecule has 2 fully saturated rings. The van der Waals surface area contributed by atoms with Crippen molar-refractivity contribution in [2.75, 3.05) is 11.5 Å². The molecule has 5 heteroatoms. The van der Waals surface area contributed by atoms with Gasteiger partial charge in [-0.15, -0.1) is 0 Å². The lowest BCUT2D eigenvalue weighted by Crippen LogP contribution is -2.58. The second-order valence-electron chi connectivity index (χ2n) is 4.74. The zero-order valence-electron chi connectivity index (χ0n) is 8.36. The fourth-order valence-corrected chi connectivity index (χ4v) is 3.68. The number of sulfone groups is 1. The highest BCUT2D eigenvalue weighted by molar-refractivity contribution is 7.92. The van der Waals surface area contributed by atoms with Gasteiger partial charge in [0.25, 0.3) is 0 Å². The molecule has 1 aliphatic carbocycles. The van der Waals surface area contributed by atoms with E-state index in [1.165, 1.54) is 0 Å². The predicted octanol–water partition coefficient (Wildman–Crippen LogP) is -0.323. The summed E-state index contributed by atoms with van der Waals surface area (Å²) in [5.74, 6) is 0.471. The quantitative estimate of drug-likeness (QED) is 0.668. The van der Waals surface area contributed by atoms with Crippen LogP contribution in [0.1, 0.15) is 26.2 Å². The summed E-state index contributed by atoms with van der Waals surface area (Å²) in [4.78, 5) is 0. The average molecular weight is 219 g/mol. The molecule has 0 bridgehead atoms. The maximum atomic E-state index is 10.9. The monoisotopic (exact) mass is 219 g/mol. The standard InChI is InChI=1S/C9H17NO3S/c1-9(11)4-2-3-8(9)10-7-5-14(12,13)6-7/h7-8,10-11H,2-6H2,1H3. The van der Waals surface area contributed by atoms with Crippen molar-refractivity contribution in [3.05, 3.63) is 0 Å². The van der Waals surface area contributed by atoms with Crippen LogP contribution in [0.5, 0.6) is 0 Å². The van der Waals surface area contributed by atoms with Crippen molar-refractivity contribution in [2.45, 2.75) is 43.9 Å². The van der Waals surface area contributed by atoms with E-state index in [1.54, 1.807) is 0 Å². The molecule has 82 valence electrons. The molecule has 0 aromatic heterocycles. The van der Waals surface area contributed by atoms with Crippen LogP contribution in [0.3, 0.4) is 0 Å². The minimum absolute atomic E-state index is 0.0644. The first-order valence-electron chi connectivity index (χ1n) is 5.08. The van der Waals surface area contributed by atoms with Crippen molar-refractivity contribution in [1.82, 2.24) is 5.32 Å². The molecule has 1 saturated heterocycles. The number of hydrogen-bond donors (Lipinski definition) is 2. The molecule has 1 saturated carbocycles. The highest BCUT2D eigenvalue weighted by atomic mass is 32.2. The largest absolute Gasteiger partial charge is 0.389 e. The lowest BCUT2D eigenvalue weighted by Gasteiger charge is -2.34. The SMILES string of the molecule is CC1(O)CCCC1NC1CS(=O)(=O)C1. The van der Waals surface area contributed by atoms with E-state index in [2.05, 4.69) is 5.32 Å². The Morgan fingerprint density at radius 1 is 1.43 bits per heavy atom. The first-order chi connectivity index (χ1) is 6.39. The van der Waals surface area contributed by atoms with Gasteiger partial charge in [-0.2, -0.15) is 0 Å². The summed E-state index contributed by atoms with van der Waals surface area (Å²) >= 11 is 0. The van der Waals surface area contributed by atoms with Crippen LogP contribution in [0, 0.1) is 0 Å². The van der Waals surface area contributed by atoms with E-state index in [0.717, 1.165) is 19.3 Å². The van der Waals surface area contributed by atoms with Gasteiger partial charge in [0.2, 0.25) is 0 Å². The van der Waals surface area contributed by atoms with E-state index < -0.39 is 15.4 Å². The van der Waals surface area contributed by atoms with Crippen LogP contribution in [0.4, 0.5) is 0 Å². The van der Waals surface area contributed by atoms with Crippen molar-refractivity contribution < 1.29 is 13.5 Å². The Kier molecular flexibility index (Phi) is 2.36. The molecular formula is C9H17NO3S. The van der Waals surface area contributed by atoms with E-state index in [-0.39, 0.29) is 23.6 Å². The molecule has 2 unspecified atom stereocenters. The summed E-state index contributed by atoms with van der Waals surface area (Å²) in [6, 6.07) is 0.137. The molecular weight excluding hydrogens is 202 g/mol. The van der Waals surface area contributed by atoms with E-state index >= 15 is 0 Å². The first kappa shape index (κ1) is 10.4. The molecule has 1 aliphatic heterocycles. The highest BCUT2D eigenvalue weighted by Crippen LogP contribution is 2.30. The van der Waals surface area contributed by atoms with Crippen LogP contribution in [-0.2, 0) is 9.84 Å². The van der Waals surface area contributed by atoms with Gasteiger partial charge in [0.05, 0.1) is 17.1 Å². The van der Waals surface area contributed by atoms with Gasteiger partial charge in [-0.05, 0) is 26.2 Å². The van der Waals surface area contributed by atoms with Crippen LogP contribution in [0.25, 0.3) is 0 Å². The number of nitrogens with one attached hydrogen (secondary N) is 1. The number of rotatable bonds is 2. The summed E-state index contributed by atoms with van der Waals surface area (Å²) in [6.45, 7) is 1.82. The van der Waals surface area contributed by atoms with Gasteiger partial charge in [-0.1, -0.05) is 0 Å². The third-order valence-corrected chi connectivity index (χ3v) is 5.09. The predicted molar refractivity (Wildman–Crippen MR) is 53.8 cm³/mol. The van der Waals surface area contributed by atoms with Crippen LogP contribution in [-0.4, -0.2) is 42.7 Å². The van der Waals surface area contributed by atoms with Crippen LogP contribution < -0.4 is 5.32 Å². The molecule has 2 aliphatic rings. The Labute approximate surface area is 84.6 Å². The van der Waals surface area contributed by atoms with Gasteiger partial charge in [-0.3, -0.25) is 0 Å². The van der Waals surface area contributed by atoms with E-state index in [1.807, 2.05) is 6.92 Å². The molecule has 4 nitrogen and oxygen atoms in total. The lowest BCUT2D eigenvalue weighted by atomic mass is 10.00. The van der Waals surface area contributed by atoms with Gasteiger partial charge >= 0.3 is 0 Å². The average Bonchev–Trinajstić information content (AvgIpc) is 2.27. The highest BCUT2D eigenvalue weighted by Gasteiger charge is 2.41. The topological polar surface area (TPSA) is 66.4 Å². The van der Waals surface area contributed by atoms with Crippen LogP contribution >= 0.6 is 0 Å². The molecule has 0 spiro atoms. The van der Waals surface area contributed by atoms with Gasteiger partial charge < -0.3 is 10.4 Å². The zero-order valence-corrected chi connectivity index (χ0v) is 9.18. The molecule has 0 aromatic rings. The Balaban J connectivity index is 1.88. The minimum atomic E-state index is -2.75. The van der Waals surface area contributed by atoms with Crippen molar-refractivity contribution in [1.29, 1.82) is 0 Å². The maximum Gasteiger partial charge on any atom is 0.153 e. The molecule has 14 heavy (non-hydrogen) atoms. The normalized spacial score (nSPS) is 42.3. The second-order valence-corrected chi connectivity index (χ2v) is 6.90. The molecule has 0 aromatic carbocycles. The second kappa shape index (κ2) is 3.18. The molecule has 1 heterocycles. The first-order valence-corrected chi connectivity index (χ1v) is 6.90. The van der Waals surface area contributed by atoms with Gasteiger partial charge in [-0.25, -0.2) is 8.42 Å². The third kappa shape index (κ3) is 1.94. The number of aliphatic hydroxyl groups is 1. The van der Waals surface area contributed by atoms with Crippen LogP contribution in [0.15, 0.2) is 0 Å². The van der Waals surface area contributed by atoms with Gasteiger partial charge in [0.1, 0.15) is 0 Å². The van der Waals surface area contributed by atoms with Crippen LogP contribution in [0.2, 0.25) is 0 Å². The Bertz CT molecular complexity index is 311. The van der Waals surface area contributed by atoms with Gasteiger partial charge in [0, 0.05) is 12.1 Å². The van der Waals surface area contributed by atoms with Crippen molar-refractivity contribution in [2.24, 2.45) is 0 Å². The number of hydrogen-bond acceptors (Lipinski definition) is 4. The van der Waals surface area contributed by atoms with E-state index in [4.69, 9.17) is 0 Å². The lowest BCUT2D eigenvalue weighted by molar-refractivity contribution is 0.0363.